The summed E-state index contributed by atoms with van der Waals surface area (Å²) in [7, 11) is 1.54. The first-order valence-corrected chi connectivity index (χ1v) is 12.6. The molecule has 11 nitrogen and oxygen atoms in total. The number of hydrogen-bond acceptors (Lipinski definition) is 10. The van der Waals surface area contributed by atoms with Gasteiger partial charge in [-0.25, -0.2) is 4.79 Å². The quantitative estimate of drug-likeness (QED) is 0.353. The monoisotopic (exact) mass is 559 g/mol. The summed E-state index contributed by atoms with van der Waals surface area (Å²) in [4.78, 5) is 29.0. The third-order valence-electron chi connectivity index (χ3n) is 5.73. The van der Waals surface area contributed by atoms with Crippen LogP contribution in [0, 0.1) is 0 Å². The average Bonchev–Trinajstić information content (AvgIpc) is 3.43. The molecule has 4 rings (SSSR count). The molecule has 0 saturated carbocycles. The second-order valence-corrected chi connectivity index (χ2v) is 9.94. The first-order chi connectivity index (χ1) is 18.1. The second-order valence-electron chi connectivity index (χ2n) is 8.49. The molecule has 0 amide bonds. The van der Waals surface area contributed by atoms with Crippen molar-refractivity contribution in [3.63, 3.8) is 0 Å². The Morgan fingerprint density at radius 2 is 1.95 bits per heavy atom. The van der Waals surface area contributed by atoms with E-state index in [0.29, 0.717) is 12.4 Å². The van der Waals surface area contributed by atoms with Gasteiger partial charge in [-0.05, 0) is 30.4 Å². The number of halogens is 3. The number of fused-ring (bicyclic) bond motifs is 1. The molecule has 0 aliphatic carbocycles. The number of aliphatic hydroxyl groups excluding tert-OH is 1. The lowest BCUT2D eigenvalue weighted by atomic mass is 10.3. The van der Waals surface area contributed by atoms with E-state index in [9.17, 15) is 27.9 Å². The van der Waals surface area contributed by atoms with Crippen LogP contribution in [0.2, 0.25) is 0 Å². The maximum absolute atomic E-state index is 13.4. The van der Waals surface area contributed by atoms with Crippen LogP contribution in [-0.2, 0) is 18.3 Å². The van der Waals surface area contributed by atoms with Gasteiger partial charge in [0.1, 0.15) is 29.6 Å². The van der Waals surface area contributed by atoms with E-state index in [4.69, 9.17) is 9.47 Å². The Morgan fingerprint density at radius 3 is 2.63 bits per heavy atom. The molecule has 2 unspecified atom stereocenters. The fourth-order valence-corrected chi connectivity index (χ4v) is 5.04. The highest BCUT2D eigenvalue weighted by Gasteiger charge is 2.37. The SMILES string of the molecule is CC1=CNC(CN2c3c(n(C)c(=O)n(CCCO)c3=O)NC2OCCOc2cccc(OC(F)(F)F)c2)S1. The normalized spacial score (nSPS) is 18.6. The van der Waals surface area contributed by atoms with Gasteiger partial charge in [0, 0.05) is 32.5 Å². The largest absolute Gasteiger partial charge is 0.573 e. The van der Waals surface area contributed by atoms with Gasteiger partial charge in [0.2, 0.25) is 6.35 Å². The molecule has 0 saturated heterocycles. The zero-order chi connectivity index (χ0) is 27.4. The minimum atomic E-state index is -4.81. The average molecular weight is 560 g/mol. The third kappa shape index (κ3) is 6.39. The predicted molar refractivity (Wildman–Crippen MR) is 135 cm³/mol. The minimum Gasteiger partial charge on any atom is -0.491 e. The van der Waals surface area contributed by atoms with E-state index in [-0.39, 0.29) is 49.6 Å². The van der Waals surface area contributed by atoms with E-state index < -0.39 is 29.7 Å². The smallest absolute Gasteiger partial charge is 0.491 e. The standard InChI is InChI=1S/C23H28F3N5O6S/c1-14-12-27-17(38-14)13-31-18-19(29(2)22(34)30(20(18)33)7-4-8-32)28-21(31)36-10-9-35-15-5-3-6-16(11-15)37-23(24,25)26/h3,5-6,11-12,17,21,27-28,32H,4,7-10,13H2,1-2H3. The lowest BCUT2D eigenvalue weighted by Gasteiger charge is -2.28. The molecule has 2 atom stereocenters. The van der Waals surface area contributed by atoms with Crippen molar-refractivity contribution in [3.05, 3.63) is 56.2 Å². The number of alkyl halides is 3. The van der Waals surface area contributed by atoms with Gasteiger partial charge in [0.25, 0.3) is 5.56 Å². The Morgan fingerprint density at radius 1 is 1.18 bits per heavy atom. The van der Waals surface area contributed by atoms with Gasteiger partial charge in [-0.2, -0.15) is 0 Å². The number of aliphatic hydroxyl groups is 1. The molecule has 0 spiro atoms. The van der Waals surface area contributed by atoms with E-state index in [2.05, 4.69) is 15.4 Å². The summed E-state index contributed by atoms with van der Waals surface area (Å²) in [6.07, 6.45) is -3.51. The van der Waals surface area contributed by atoms with E-state index in [1.807, 2.05) is 13.1 Å². The van der Waals surface area contributed by atoms with Crippen LogP contribution in [0.3, 0.4) is 0 Å². The number of thioether (sulfide) groups is 1. The Hall–Kier alpha value is -3.30. The minimum absolute atomic E-state index is 0.00537. The number of aromatic nitrogens is 2. The van der Waals surface area contributed by atoms with E-state index >= 15 is 0 Å². The molecule has 1 aromatic heterocycles. The Balaban J connectivity index is 1.48. The lowest BCUT2D eigenvalue weighted by molar-refractivity contribution is -0.274. The van der Waals surface area contributed by atoms with Crippen molar-refractivity contribution in [1.82, 2.24) is 14.5 Å². The number of anilines is 2. The van der Waals surface area contributed by atoms with Crippen LogP contribution in [0.1, 0.15) is 13.3 Å². The molecule has 3 heterocycles. The summed E-state index contributed by atoms with van der Waals surface area (Å²) in [6, 6.07) is 5.14. The van der Waals surface area contributed by atoms with Gasteiger partial charge in [0.15, 0.2) is 0 Å². The molecule has 1 aromatic carbocycles. The number of benzene rings is 1. The van der Waals surface area contributed by atoms with Crippen molar-refractivity contribution in [3.8, 4) is 11.5 Å². The van der Waals surface area contributed by atoms with Crippen molar-refractivity contribution in [1.29, 1.82) is 0 Å². The molecule has 2 aliphatic heterocycles. The first-order valence-electron chi connectivity index (χ1n) is 11.7. The van der Waals surface area contributed by atoms with Crippen LogP contribution in [0.15, 0.2) is 45.0 Å². The molecule has 208 valence electrons. The van der Waals surface area contributed by atoms with Gasteiger partial charge in [-0.1, -0.05) is 6.07 Å². The van der Waals surface area contributed by atoms with Crippen LogP contribution >= 0.6 is 11.8 Å². The maximum Gasteiger partial charge on any atom is 0.573 e. The lowest BCUT2D eigenvalue weighted by Crippen LogP contribution is -2.47. The van der Waals surface area contributed by atoms with Crippen LogP contribution in [-0.4, -0.2) is 58.7 Å². The number of ether oxygens (including phenoxy) is 3. The summed E-state index contributed by atoms with van der Waals surface area (Å²) < 4.78 is 55.2. The molecule has 2 aromatic rings. The van der Waals surface area contributed by atoms with Gasteiger partial charge in [0.05, 0.1) is 18.5 Å². The van der Waals surface area contributed by atoms with E-state index in [1.54, 1.807) is 16.7 Å². The van der Waals surface area contributed by atoms with E-state index in [1.165, 1.54) is 23.7 Å². The van der Waals surface area contributed by atoms with Crippen LogP contribution in [0.5, 0.6) is 11.5 Å². The molecule has 0 bridgehead atoms. The van der Waals surface area contributed by atoms with Crippen molar-refractivity contribution in [2.45, 2.75) is 38.0 Å². The van der Waals surface area contributed by atoms with E-state index in [0.717, 1.165) is 21.6 Å². The number of nitrogens with zero attached hydrogens (tertiary/aromatic N) is 3. The Bertz CT molecular complexity index is 1300. The second kappa shape index (κ2) is 11.6. The van der Waals surface area contributed by atoms with Crippen LogP contribution < -0.4 is 36.3 Å². The molecule has 0 fully saturated rings. The zero-order valence-electron chi connectivity index (χ0n) is 20.7. The summed E-state index contributed by atoms with van der Waals surface area (Å²) >= 11 is 1.59. The molecule has 38 heavy (non-hydrogen) atoms. The highest BCUT2D eigenvalue weighted by Crippen LogP contribution is 2.34. The summed E-state index contributed by atoms with van der Waals surface area (Å²) in [5, 5.41) is 15.4. The molecule has 3 N–H and O–H groups in total. The molecule has 0 radical (unpaired) electrons. The van der Waals surface area contributed by atoms with Crippen molar-refractivity contribution in [2.24, 2.45) is 7.05 Å². The van der Waals surface area contributed by atoms with Crippen LogP contribution in [0.25, 0.3) is 0 Å². The number of allylic oxidation sites excluding steroid dienone is 1. The van der Waals surface area contributed by atoms with Gasteiger partial charge in [-0.3, -0.25) is 13.9 Å². The Labute approximate surface area is 219 Å². The zero-order valence-corrected chi connectivity index (χ0v) is 21.5. The molecule has 15 heteroatoms. The van der Waals surface area contributed by atoms with Gasteiger partial charge in [-0.15, -0.1) is 24.9 Å². The van der Waals surface area contributed by atoms with Gasteiger partial charge < -0.3 is 34.9 Å². The molecular formula is C23H28F3N5O6S. The highest BCUT2D eigenvalue weighted by atomic mass is 32.2. The van der Waals surface area contributed by atoms with Crippen molar-refractivity contribution >= 4 is 23.3 Å². The van der Waals surface area contributed by atoms with Crippen molar-refractivity contribution in [2.75, 3.05) is 36.6 Å². The summed E-state index contributed by atoms with van der Waals surface area (Å²) in [5.74, 6) is 0.0619. The Kier molecular flexibility index (Phi) is 8.47. The fourth-order valence-electron chi connectivity index (χ4n) is 4.08. The summed E-state index contributed by atoms with van der Waals surface area (Å²) in [6.45, 7) is 2.22. The highest BCUT2D eigenvalue weighted by molar-refractivity contribution is 8.03. The molecule has 2 aliphatic rings. The van der Waals surface area contributed by atoms with Crippen LogP contribution in [0.4, 0.5) is 24.7 Å². The fraction of sp³-hybridized carbons (Fsp3) is 0.478. The first kappa shape index (κ1) is 27.7. The number of hydrogen-bond donors (Lipinski definition) is 3. The molecular weight excluding hydrogens is 531 g/mol. The number of nitrogens with one attached hydrogen (secondary N) is 2. The number of rotatable bonds is 11. The topological polar surface area (TPSA) is 119 Å². The summed E-state index contributed by atoms with van der Waals surface area (Å²) in [5.41, 5.74) is -0.758. The predicted octanol–water partition coefficient (Wildman–Crippen LogP) is 1.96. The van der Waals surface area contributed by atoms with Crippen molar-refractivity contribution < 1.29 is 32.5 Å². The van der Waals surface area contributed by atoms with Gasteiger partial charge >= 0.3 is 12.1 Å². The third-order valence-corrected chi connectivity index (χ3v) is 6.78. The maximum atomic E-state index is 13.4.